The normalized spacial score (nSPS) is 19.6. The standard InChI is InChI=1S/C23H34N4O2/c1-2-4-7-19(8-5-3-1)26-23-21-17-20(9-10-22(21)24-18-25-23)29-14-6-11-27-12-15-28-16-13-27/h9-10,17-19H,1-8,11-16H2,(H,24,25,26). The Morgan fingerprint density at radius 1 is 1.03 bits per heavy atom. The van der Waals surface area contributed by atoms with Crippen LogP contribution in [-0.4, -0.2) is 60.4 Å². The quantitative estimate of drug-likeness (QED) is 0.704. The SMILES string of the molecule is c1nc(NC2CCCCCCC2)c2cc(OCCCN3CCOCC3)ccc2n1. The highest BCUT2D eigenvalue weighted by Crippen LogP contribution is 2.27. The molecule has 158 valence electrons. The maximum Gasteiger partial charge on any atom is 0.137 e. The van der Waals surface area contributed by atoms with Gasteiger partial charge in [0.1, 0.15) is 17.9 Å². The van der Waals surface area contributed by atoms with Gasteiger partial charge in [0.05, 0.1) is 25.3 Å². The van der Waals surface area contributed by atoms with Crippen LogP contribution in [-0.2, 0) is 4.74 Å². The first kappa shape index (κ1) is 20.4. The molecule has 1 saturated carbocycles. The minimum atomic E-state index is 0.506. The molecule has 6 nitrogen and oxygen atoms in total. The number of hydrogen-bond donors (Lipinski definition) is 1. The van der Waals surface area contributed by atoms with Crippen molar-refractivity contribution in [2.45, 2.75) is 57.4 Å². The van der Waals surface area contributed by atoms with E-state index in [0.29, 0.717) is 6.04 Å². The number of rotatable bonds is 7. The molecule has 0 spiro atoms. The van der Waals surface area contributed by atoms with Gasteiger partial charge in [-0.25, -0.2) is 9.97 Å². The summed E-state index contributed by atoms with van der Waals surface area (Å²) in [5.74, 6) is 1.84. The number of anilines is 1. The topological polar surface area (TPSA) is 59.5 Å². The van der Waals surface area contributed by atoms with Gasteiger partial charge in [-0.05, 0) is 37.5 Å². The maximum atomic E-state index is 6.05. The van der Waals surface area contributed by atoms with Gasteiger partial charge < -0.3 is 14.8 Å². The lowest BCUT2D eigenvalue weighted by Gasteiger charge is -2.26. The van der Waals surface area contributed by atoms with E-state index >= 15 is 0 Å². The zero-order valence-corrected chi connectivity index (χ0v) is 17.4. The number of ether oxygens (including phenoxy) is 2. The van der Waals surface area contributed by atoms with Crippen molar-refractivity contribution in [1.82, 2.24) is 14.9 Å². The number of nitrogens with one attached hydrogen (secondary N) is 1. The first-order chi connectivity index (χ1) is 14.4. The summed E-state index contributed by atoms with van der Waals surface area (Å²) in [5, 5.41) is 4.76. The fraction of sp³-hybridized carbons (Fsp3) is 0.652. The van der Waals surface area contributed by atoms with Gasteiger partial charge >= 0.3 is 0 Å². The lowest BCUT2D eigenvalue weighted by molar-refractivity contribution is 0.0358. The Morgan fingerprint density at radius 3 is 2.66 bits per heavy atom. The second-order valence-electron chi connectivity index (χ2n) is 8.24. The monoisotopic (exact) mass is 398 g/mol. The minimum absolute atomic E-state index is 0.506. The third-order valence-corrected chi connectivity index (χ3v) is 6.04. The number of nitrogens with zero attached hydrogens (tertiary/aromatic N) is 3. The van der Waals surface area contributed by atoms with Crippen molar-refractivity contribution in [3.8, 4) is 5.75 Å². The summed E-state index contributed by atoms with van der Waals surface area (Å²) in [4.78, 5) is 11.4. The molecule has 2 heterocycles. The number of benzene rings is 1. The summed E-state index contributed by atoms with van der Waals surface area (Å²) in [6.07, 6.45) is 11.8. The van der Waals surface area contributed by atoms with E-state index < -0.39 is 0 Å². The molecule has 2 aromatic rings. The van der Waals surface area contributed by atoms with Crippen LogP contribution in [0.15, 0.2) is 24.5 Å². The van der Waals surface area contributed by atoms with Crippen LogP contribution in [0.3, 0.4) is 0 Å². The Balaban J connectivity index is 1.36. The van der Waals surface area contributed by atoms with E-state index in [9.17, 15) is 0 Å². The number of fused-ring (bicyclic) bond motifs is 1. The Hall–Kier alpha value is -1.92. The lowest BCUT2D eigenvalue weighted by Crippen LogP contribution is -2.37. The molecule has 0 amide bonds. The van der Waals surface area contributed by atoms with Gasteiger partial charge in [0.2, 0.25) is 0 Å². The van der Waals surface area contributed by atoms with Gasteiger partial charge in [0.15, 0.2) is 0 Å². The molecule has 1 N–H and O–H groups in total. The van der Waals surface area contributed by atoms with Gasteiger partial charge in [-0.1, -0.05) is 32.1 Å². The highest BCUT2D eigenvalue weighted by molar-refractivity contribution is 5.90. The third kappa shape index (κ3) is 6.03. The highest BCUT2D eigenvalue weighted by atomic mass is 16.5. The summed E-state index contributed by atoms with van der Waals surface area (Å²) in [6.45, 7) is 5.55. The molecule has 1 aliphatic heterocycles. The van der Waals surface area contributed by atoms with E-state index in [4.69, 9.17) is 9.47 Å². The minimum Gasteiger partial charge on any atom is -0.494 e. The second kappa shape index (κ2) is 10.7. The first-order valence-corrected chi connectivity index (χ1v) is 11.3. The summed E-state index contributed by atoms with van der Waals surface area (Å²) in [7, 11) is 0. The zero-order chi connectivity index (χ0) is 19.7. The largest absolute Gasteiger partial charge is 0.494 e. The van der Waals surface area contributed by atoms with Crippen LogP contribution < -0.4 is 10.1 Å². The van der Waals surface area contributed by atoms with Gasteiger partial charge in [-0.3, -0.25) is 4.90 Å². The van der Waals surface area contributed by atoms with E-state index in [2.05, 4.69) is 26.3 Å². The Bertz CT molecular complexity index is 756. The molecule has 0 radical (unpaired) electrons. The molecule has 2 fully saturated rings. The van der Waals surface area contributed by atoms with E-state index in [0.717, 1.165) is 68.3 Å². The average Bonchev–Trinajstić information content (AvgIpc) is 2.74. The Kier molecular flexibility index (Phi) is 7.54. The van der Waals surface area contributed by atoms with Crippen molar-refractivity contribution < 1.29 is 9.47 Å². The third-order valence-electron chi connectivity index (χ3n) is 6.04. The van der Waals surface area contributed by atoms with E-state index in [1.807, 2.05) is 12.1 Å². The molecule has 1 aliphatic carbocycles. The Morgan fingerprint density at radius 2 is 1.83 bits per heavy atom. The molecule has 1 saturated heterocycles. The molecule has 0 atom stereocenters. The fourth-order valence-corrected chi connectivity index (χ4v) is 4.34. The molecule has 1 aromatic heterocycles. The Labute approximate surface area is 174 Å². The summed E-state index contributed by atoms with van der Waals surface area (Å²) in [6, 6.07) is 6.66. The number of aromatic nitrogens is 2. The molecule has 29 heavy (non-hydrogen) atoms. The van der Waals surface area contributed by atoms with E-state index in [1.165, 1.54) is 44.9 Å². The van der Waals surface area contributed by atoms with E-state index in [-0.39, 0.29) is 0 Å². The predicted octanol–water partition coefficient (Wildman–Crippen LogP) is 4.26. The van der Waals surface area contributed by atoms with Crippen LogP contribution in [0.5, 0.6) is 5.75 Å². The second-order valence-corrected chi connectivity index (χ2v) is 8.24. The van der Waals surface area contributed by atoms with Crippen LogP contribution in [0.1, 0.15) is 51.4 Å². The molecular weight excluding hydrogens is 364 g/mol. The number of morpholine rings is 1. The van der Waals surface area contributed by atoms with Gasteiger partial charge in [0.25, 0.3) is 0 Å². The zero-order valence-electron chi connectivity index (χ0n) is 17.4. The van der Waals surface area contributed by atoms with Crippen molar-refractivity contribution in [2.75, 3.05) is 44.8 Å². The molecule has 4 rings (SSSR count). The fourth-order valence-electron chi connectivity index (χ4n) is 4.34. The van der Waals surface area contributed by atoms with Gasteiger partial charge in [0, 0.05) is 31.1 Å². The van der Waals surface area contributed by atoms with Crippen LogP contribution in [0.2, 0.25) is 0 Å². The molecule has 0 bridgehead atoms. The molecule has 6 heteroatoms. The van der Waals surface area contributed by atoms with Crippen molar-refractivity contribution >= 4 is 16.7 Å². The number of hydrogen-bond acceptors (Lipinski definition) is 6. The molecular formula is C23H34N4O2. The van der Waals surface area contributed by atoms with Crippen LogP contribution in [0, 0.1) is 0 Å². The summed E-state index contributed by atoms with van der Waals surface area (Å²) >= 11 is 0. The summed E-state index contributed by atoms with van der Waals surface area (Å²) < 4.78 is 11.4. The van der Waals surface area contributed by atoms with Crippen molar-refractivity contribution in [3.05, 3.63) is 24.5 Å². The van der Waals surface area contributed by atoms with E-state index in [1.54, 1.807) is 6.33 Å². The first-order valence-electron chi connectivity index (χ1n) is 11.3. The van der Waals surface area contributed by atoms with Crippen LogP contribution in [0.4, 0.5) is 5.82 Å². The van der Waals surface area contributed by atoms with Crippen LogP contribution in [0.25, 0.3) is 10.9 Å². The lowest BCUT2D eigenvalue weighted by atomic mass is 9.96. The van der Waals surface area contributed by atoms with Crippen LogP contribution >= 0.6 is 0 Å². The summed E-state index contributed by atoms with van der Waals surface area (Å²) in [5.41, 5.74) is 0.967. The molecule has 0 unspecified atom stereocenters. The predicted molar refractivity (Wildman–Crippen MR) is 117 cm³/mol. The van der Waals surface area contributed by atoms with Gasteiger partial charge in [-0.15, -0.1) is 0 Å². The van der Waals surface area contributed by atoms with Crippen molar-refractivity contribution in [3.63, 3.8) is 0 Å². The van der Waals surface area contributed by atoms with Crippen molar-refractivity contribution in [1.29, 1.82) is 0 Å². The smallest absolute Gasteiger partial charge is 0.137 e. The van der Waals surface area contributed by atoms with Gasteiger partial charge in [-0.2, -0.15) is 0 Å². The maximum absolute atomic E-state index is 6.05. The van der Waals surface area contributed by atoms with Crippen molar-refractivity contribution in [2.24, 2.45) is 0 Å². The highest BCUT2D eigenvalue weighted by Gasteiger charge is 2.14. The molecule has 2 aliphatic rings. The average molecular weight is 399 g/mol. The molecule has 1 aromatic carbocycles.